The first kappa shape index (κ1) is 17.3. The molecule has 0 saturated heterocycles. The lowest BCUT2D eigenvalue weighted by atomic mass is 9.69. The highest BCUT2D eigenvalue weighted by Gasteiger charge is 2.53. The number of fused-ring (bicyclic) bond motifs is 1. The standard InChI is InChI=1S/C17H34O2Si2/c1-12-10-14(18-20(5,6)7)13-11-15(16(12)13)19-21(8,9)17(2,3)4/h10,12-13,15-16H,11H2,1-9H3/t12-,13-,15-,16+/m0/s1. The van der Waals surface area contributed by atoms with E-state index in [1.165, 1.54) is 5.76 Å². The van der Waals surface area contributed by atoms with Gasteiger partial charge in [0.25, 0.3) is 0 Å². The van der Waals surface area contributed by atoms with Gasteiger partial charge in [-0.15, -0.1) is 0 Å². The summed E-state index contributed by atoms with van der Waals surface area (Å²) < 4.78 is 13.0. The van der Waals surface area contributed by atoms with Gasteiger partial charge in [-0.25, -0.2) is 0 Å². The molecule has 0 bridgehead atoms. The fourth-order valence-corrected chi connectivity index (χ4v) is 5.57. The van der Waals surface area contributed by atoms with Gasteiger partial charge in [0.1, 0.15) is 0 Å². The summed E-state index contributed by atoms with van der Waals surface area (Å²) in [5.41, 5.74) is 0. The third kappa shape index (κ3) is 3.48. The molecule has 2 aliphatic carbocycles. The van der Waals surface area contributed by atoms with Crippen LogP contribution in [0.25, 0.3) is 0 Å². The summed E-state index contributed by atoms with van der Waals surface area (Å²) in [5.74, 6) is 3.17. The molecule has 0 amide bonds. The summed E-state index contributed by atoms with van der Waals surface area (Å²) in [5, 5.41) is 0.297. The minimum Gasteiger partial charge on any atom is -0.547 e. The highest BCUT2D eigenvalue weighted by Crippen LogP contribution is 2.54. The fraction of sp³-hybridized carbons (Fsp3) is 0.882. The first-order chi connectivity index (χ1) is 9.32. The molecule has 21 heavy (non-hydrogen) atoms. The minimum absolute atomic E-state index is 0.297. The summed E-state index contributed by atoms with van der Waals surface area (Å²) in [4.78, 5) is 0. The Morgan fingerprint density at radius 1 is 1.10 bits per heavy atom. The van der Waals surface area contributed by atoms with Crippen LogP contribution in [-0.4, -0.2) is 22.7 Å². The second kappa shape index (κ2) is 5.24. The van der Waals surface area contributed by atoms with Crippen LogP contribution >= 0.6 is 0 Å². The fourth-order valence-electron chi connectivity index (χ4n) is 3.28. The van der Waals surface area contributed by atoms with E-state index in [-0.39, 0.29) is 0 Å². The predicted molar refractivity (Wildman–Crippen MR) is 95.3 cm³/mol. The zero-order valence-corrected chi connectivity index (χ0v) is 17.4. The molecule has 1 saturated carbocycles. The third-order valence-corrected chi connectivity index (χ3v) is 10.8. The molecule has 0 unspecified atom stereocenters. The van der Waals surface area contributed by atoms with Crippen molar-refractivity contribution in [1.82, 2.24) is 0 Å². The Hall–Kier alpha value is -0.0662. The Kier molecular flexibility index (Phi) is 4.31. The normalized spacial score (nSPS) is 33.3. The molecule has 2 nitrogen and oxygen atoms in total. The molecule has 0 radical (unpaired) electrons. The third-order valence-electron chi connectivity index (χ3n) is 5.46. The Balaban J connectivity index is 2.01. The monoisotopic (exact) mass is 326 g/mol. The largest absolute Gasteiger partial charge is 0.547 e. The summed E-state index contributed by atoms with van der Waals surface area (Å²) in [7, 11) is -3.14. The Morgan fingerprint density at radius 3 is 2.14 bits per heavy atom. The Labute approximate surface area is 133 Å². The quantitative estimate of drug-likeness (QED) is 0.644. The lowest BCUT2D eigenvalue weighted by Crippen LogP contribution is -2.53. The number of allylic oxidation sites excluding steroid dienone is 2. The maximum Gasteiger partial charge on any atom is 0.241 e. The van der Waals surface area contributed by atoms with Gasteiger partial charge in [0.2, 0.25) is 8.32 Å². The van der Waals surface area contributed by atoms with Crippen LogP contribution in [0.1, 0.15) is 34.1 Å². The highest BCUT2D eigenvalue weighted by atomic mass is 28.4. The van der Waals surface area contributed by atoms with Crippen LogP contribution in [0.3, 0.4) is 0 Å². The van der Waals surface area contributed by atoms with E-state index in [2.05, 4.69) is 66.5 Å². The number of rotatable bonds is 4. The Morgan fingerprint density at radius 2 is 1.67 bits per heavy atom. The van der Waals surface area contributed by atoms with Gasteiger partial charge in [0.15, 0.2) is 8.32 Å². The van der Waals surface area contributed by atoms with Crippen molar-refractivity contribution in [2.75, 3.05) is 0 Å². The van der Waals surface area contributed by atoms with Crippen LogP contribution in [0.2, 0.25) is 37.8 Å². The van der Waals surface area contributed by atoms with Crippen molar-refractivity contribution in [2.45, 2.75) is 78.0 Å². The van der Waals surface area contributed by atoms with Crippen molar-refractivity contribution in [2.24, 2.45) is 17.8 Å². The highest BCUT2D eigenvalue weighted by molar-refractivity contribution is 6.74. The average molecular weight is 327 g/mol. The van der Waals surface area contributed by atoms with Crippen molar-refractivity contribution in [3.8, 4) is 0 Å². The molecule has 4 atom stereocenters. The molecule has 122 valence electrons. The maximum atomic E-state index is 6.66. The molecule has 0 aromatic heterocycles. The summed E-state index contributed by atoms with van der Waals surface area (Å²) in [6.07, 6.45) is 3.99. The zero-order valence-electron chi connectivity index (χ0n) is 15.4. The van der Waals surface area contributed by atoms with Crippen LogP contribution < -0.4 is 0 Å². The maximum absolute atomic E-state index is 6.66. The molecule has 0 N–H and O–H groups in total. The molecule has 0 heterocycles. The van der Waals surface area contributed by atoms with Gasteiger partial charge < -0.3 is 8.85 Å². The number of hydrogen-bond acceptors (Lipinski definition) is 2. The van der Waals surface area contributed by atoms with Crippen LogP contribution in [0.4, 0.5) is 0 Å². The van der Waals surface area contributed by atoms with Crippen molar-refractivity contribution in [3.05, 3.63) is 11.8 Å². The smallest absolute Gasteiger partial charge is 0.241 e. The molecular weight excluding hydrogens is 292 g/mol. The van der Waals surface area contributed by atoms with E-state index in [0.717, 1.165) is 6.42 Å². The van der Waals surface area contributed by atoms with E-state index in [4.69, 9.17) is 8.85 Å². The topological polar surface area (TPSA) is 18.5 Å². The second-order valence-electron chi connectivity index (χ2n) is 9.48. The van der Waals surface area contributed by atoms with E-state index in [9.17, 15) is 0 Å². The van der Waals surface area contributed by atoms with Crippen LogP contribution in [-0.2, 0) is 8.85 Å². The van der Waals surface area contributed by atoms with Gasteiger partial charge in [-0.3, -0.25) is 0 Å². The Bertz CT molecular complexity index is 429. The first-order valence-corrected chi connectivity index (χ1v) is 14.7. The first-order valence-electron chi connectivity index (χ1n) is 8.40. The van der Waals surface area contributed by atoms with E-state index < -0.39 is 16.6 Å². The van der Waals surface area contributed by atoms with Gasteiger partial charge in [-0.2, -0.15) is 0 Å². The minimum atomic E-state index is -1.65. The van der Waals surface area contributed by atoms with E-state index in [1.54, 1.807) is 0 Å². The molecule has 1 fully saturated rings. The van der Waals surface area contributed by atoms with Crippen molar-refractivity contribution in [3.63, 3.8) is 0 Å². The van der Waals surface area contributed by atoms with Gasteiger partial charge in [-0.1, -0.05) is 27.7 Å². The van der Waals surface area contributed by atoms with Gasteiger partial charge >= 0.3 is 0 Å². The molecule has 0 spiro atoms. The predicted octanol–water partition coefficient (Wildman–Crippen LogP) is 5.40. The molecule has 4 heteroatoms. The van der Waals surface area contributed by atoms with E-state index in [1.807, 2.05) is 0 Å². The lowest BCUT2D eigenvalue weighted by Gasteiger charge is -2.49. The summed E-state index contributed by atoms with van der Waals surface area (Å²) in [6.45, 7) is 20.9. The second-order valence-corrected chi connectivity index (χ2v) is 18.7. The van der Waals surface area contributed by atoms with Crippen LogP contribution in [0.15, 0.2) is 11.8 Å². The molecule has 2 rings (SSSR count). The summed E-state index contributed by atoms with van der Waals surface area (Å²) in [6, 6.07) is 0. The SMILES string of the molecule is C[C@H]1C=C(O[Si](C)(C)C)[C@@H]2C[C@H](O[Si](C)(C)C(C)(C)C)[C@H]12. The van der Waals surface area contributed by atoms with Crippen molar-refractivity contribution in [1.29, 1.82) is 0 Å². The van der Waals surface area contributed by atoms with Gasteiger partial charge in [0.05, 0.1) is 5.76 Å². The van der Waals surface area contributed by atoms with Crippen LogP contribution in [0.5, 0.6) is 0 Å². The van der Waals surface area contributed by atoms with Crippen molar-refractivity contribution >= 4 is 16.6 Å². The van der Waals surface area contributed by atoms with E-state index in [0.29, 0.717) is 28.9 Å². The molecule has 0 aliphatic heterocycles. The van der Waals surface area contributed by atoms with E-state index >= 15 is 0 Å². The average Bonchev–Trinajstić information content (AvgIpc) is 2.40. The summed E-state index contributed by atoms with van der Waals surface area (Å²) >= 11 is 0. The molecular formula is C17H34O2Si2. The van der Waals surface area contributed by atoms with Gasteiger partial charge in [-0.05, 0) is 62.1 Å². The lowest BCUT2D eigenvalue weighted by molar-refractivity contribution is -0.0255. The zero-order chi connectivity index (χ0) is 16.2. The molecule has 0 aromatic carbocycles. The number of hydrogen-bond donors (Lipinski definition) is 0. The van der Waals surface area contributed by atoms with Crippen LogP contribution in [0, 0.1) is 17.8 Å². The molecule has 0 aromatic rings. The molecule has 2 aliphatic rings. The van der Waals surface area contributed by atoms with Crippen molar-refractivity contribution < 1.29 is 8.85 Å². The van der Waals surface area contributed by atoms with Gasteiger partial charge in [0, 0.05) is 12.0 Å².